The van der Waals surface area contributed by atoms with Gasteiger partial charge in [0, 0.05) is 13.1 Å². The Morgan fingerprint density at radius 1 is 0.614 bits per heavy atom. The van der Waals surface area contributed by atoms with Crippen LogP contribution < -0.4 is 0 Å². The normalized spacial score (nSPS) is 20.7. The van der Waals surface area contributed by atoms with Crippen molar-refractivity contribution in [2.45, 2.75) is 50.4 Å². The number of rotatable bonds is 10. The lowest BCUT2D eigenvalue weighted by Crippen LogP contribution is -2.29. The Labute approximate surface area is 345 Å². The largest absolute Gasteiger partial charge is 0.508 e. The van der Waals surface area contributed by atoms with E-state index in [1.54, 1.807) is 24.3 Å². The molecule has 0 amide bonds. The summed E-state index contributed by atoms with van der Waals surface area (Å²) >= 11 is 0. The van der Waals surface area contributed by atoms with Crippen molar-refractivity contribution < 1.29 is 29.3 Å². The van der Waals surface area contributed by atoms with Gasteiger partial charge < -0.3 is 29.5 Å². The Hall–Kier alpha value is -4.89. The summed E-state index contributed by atoms with van der Waals surface area (Å²) < 4.78 is 9.66. The van der Waals surface area contributed by atoms with Gasteiger partial charge in [-0.25, -0.2) is 9.59 Å². The van der Waals surface area contributed by atoms with Gasteiger partial charge >= 0.3 is 11.9 Å². The minimum absolute atomic E-state index is 0. The molecule has 2 fully saturated rings. The number of hydrogen-bond acceptors (Lipinski definition) is 8. The third-order valence-corrected chi connectivity index (χ3v) is 10.9. The molecule has 9 heteroatoms. The Morgan fingerprint density at radius 3 is 1.35 bits per heavy atom. The molecule has 57 heavy (non-hydrogen) atoms. The monoisotopic (exact) mass is 794 g/mol. The number of carbonyl (C=O) groups is 2. The number of methoxy groups -OCH3 is 2. The van der Waals surface area contributed by atoms with Crippen LogP contribution in [-0.2, 0) is 9.47 Å². The summed E-state index contributed by atoms with van der Waals surface area (Å²) in [5, 5.41) is 19.9. The van der Waals surface area contributed by atoms with E-state index in [1.165, 1.54) is 36.5 Å². The number of phenolic OH excluding ortho intramolecular Hbond substituents is 2. The Kier molecular flexibility index (Phi) is 17.0. The highest BCUT2D eigenvalue weighted by molar-refractivity contribution is 5.90. The molecule has 0 bridgehead atoms. The average molecular weight is 795 g/mol. The van der Waals surface area contributed by atoms with Crippen LogP contribution in [0.2, 0.25) is 0 Å². The molecule has 4 aromatic rings. The molecule has 0 saturated heterocycles. The van der Waals surface area contributed by atoms with E-state index in [1.807, 2.05) is 60.7 Å². The first kappa shape index (κ1) is 44.8. The first-order chi connectivity index (χ1) is 26.9. The number of nitrogens with zero attached hydrogens (tertiary/aromatic N) is 2. The van der Waals surface area contributed by atoms with Gasteiger partial charge in [0.05, 0.1) is 25.3 Å². The van der Waals surface area contributed by atoms with Crippen LogP contribution in [0.15, 0.2) is 108 Å². The highest BCUT2D eigenvalue weighted by Crippen LogP contribution is 2.43. The second-order valence-corrected chi connectivity index (χ2v) is 15.8. The maximum Gasteiger partial charge on any atom is 0.337 e. The van der Waals surface area contributed by atoms with Crippen LogP contribution in [0.4, 0.5) is 0 Å². The molecule has 4 aromatic carbocycles. The molecule has 2 N–H and O–H groups in total. The summed E-state index contributed by atoms with van der Waals surface area (Å²) in [6, 6.07) is 30.5. The number of carbonyl (C=O) groups excluding carboxylic acids is 2. The Morgan fingerprint density at radius 2 is 1.00 bits per heavy atom. The zero-order valence-corrected chi connectivity index (χ0v) is 35.0. The number of halogens is 1. The van der Waals surface area contributed by atoms with Gasteiger partial charge in [0.2, 0.25) is 0 Å². The van der Waals surface area contributed by atoms with Gasteiger partial charge in [-0.2, -0.15) is 0 Å². The van der Waals surface area contributed by atoms with E-state index in [0.717, 1.165) is 62.7 Å². The van der Waals surface area contributed by atoms with Gasteiger partial charge in [-0.1, -0.05) is 71.8 Å². The summed E-state index contributed by atoms with van der Waals surface area (Å²) in [6.45, 7) is 2.07. The molecule has 0 aliphatic heterocycles. The first-order valence-electron chi connectivity index (χ1n) is 19.5. The van der Waals surface area contributed by atoms with Gasteiger partial charge in [0.25, 0.3) is 0 Å². The van der Waals surface area contributed by atoms with Gasteiger partial charge in [-0.15, -0.1) is 12.4 Å². The molecule has 2 aliphatic rings. The third-order valence-electron chi connectivity index (χ3n) is 10.9. The number of ether oxygens (including phenoxy) is 2. The summed E-state index contributed by atoms with van der Waals surface area (Å²) in [5.41, 5.74) is 8.35. The van der Waals surface area contributed by atoms with Crippen molar-refractivity contribution in [1.29, 1.82) is 0 Å². The van der Waals surface area contributed by atoms with E-state index in [4.69, 9.17) is 9.47 Å². The molecule has 8 nitrogen and oxygen atoms in total. The molecule has 2 aliphatic carbocycles. The zero-order valence-electron chi connectivity index (χ0n) is 34.2. The van der Waals surface area contributed by atoms with Crippen molar-refractivity contribution in [2.24, 2.45) is 11.8 Å². The average Bonchev–Trinajstić information content (AvgIpc) is 3.18. The molecule has 2 saturated carbocycles. The van der Waals surface area contributed by atoms with Crippen molar-refractivity contribution >= 4 is 36.5 Å². The highest BCUT2D eigenvalue weighted by atomic mass is 35.5. The van der Waals surface area contributed by atoms with Gasteiger partial charge in [-0.05, 0) is 161 Å². The summed E-state index contributed by atoms with van der Waals surface area (Å²) in [6.07, 6.45) is 10.7. The SMILES string of the molecule is COC(=O)c1cccc(/C=C2/CCC(CN(C)C)C(c3cccc(O)c3)C2)c1.COC(=O)c1cccc(/C=C2\CCC(CN(C)C)C(c3cccc(O)c3)C2)c1.Cl. The van der Waals surface area contributed by atoms with E-state index in [0.29, 0.717) is 46.3 Å². The van der Waals surface area contributed by atoms with Crippen molar-refractivity contribution in [2.75, 3.05) is 55.5 Å². The van der Waals surface area contributed by atoms with E-state index in [9.17, 15) is 19.8 Å². The number of allylic oxidation sites excluding steroid dienone is 2. The third kappa shape index (κ3) is 13.1. The first-order valence-corrected chi connectivity index (χ1v) is 19.5. The van der Waals surface area contributed by atoms with Gasteiger partial charge in [-0.3, -0.25) is 0 Å². The fourth-order valence-electron chi connectivity index (χ4n) is 8.39. The Bertz CT molecular complexity index is 1860. The highest BCUT2D eigenvalue weighted by Gasteiger charge is 2.30. The molecule has 4 atom stereocenters. The molecule has 0 spiro atoms. The lowest BCUT2D eigenvalue weighted by atomic mass is 9.73. The molecule has 0 heterocycles. The number of benzene rings is 4. The van der Waals surface area contributed by atoms with E-state index in [-0.39, 0.29) is 24.3 Å². The van der Waals surface area contributed by atoms with Crippen LogP contribution in [0.25, 0.3) is 12.2 Å². The lowest BCUT2D eigenvalue weighted by molar-refractivity contribution is 0.0592. The molecule has 0 radical (unpaired) electrons. The maximum absolute atomic E-state index is 11.8. The van der Waals surface area contributed by atoms with Crippen LogP contribution in [-0.4, -0.2) is 87.5 Å². The summed E-state index contributed by atoms with van der Waals surface area (Å²) in [7, 11) is 11.3. The molecule has 0 aromatic heterocycles. The van der Waals surface area contributed by atoms with Crippen LogP contribution in [0.1, 0.15) is 93.3 Å². The minimum atomic E-state index is -0.312. The maximum atomic E-state index is 11.8. The fraction of sp³-hybridized carbons (Fsp3) is 0.375. The minimum Gasteiger partial charge on any atom is -0.508 e. The van der Waals surface area contributed by atoms with Crippen LogP contribution in [0, 0.1) is 11.8 Å². The Balaban J connectivity index is 0.000000248. The number of aromatic hydroxyl groups is 2. The number of phenols is 2. The lowest BCUT2D eigenvalue weighted by Gasteiger charge is -2.35. The van der Waals surface area contributed by atoms with Crippen molar-refractivity contribution in [3.05, 3.63) is 142 Å². The zero-order chi connectivity index (χ0) is 40.2. The molecular weight excluding hydrogens is 736 g/mol. The predicted octanol–water partition coefficient (Wildman–Crippen LogP) is 9.84. The molecular formula is C48H59ClN2O6. The van der Waals surface area contributed by atoms with E-state index in [2.05, 4.69) is 62.3 Å². The summed E-state index contributed by atoms with van der Waals surface area (Å²) in [5.74, 6) is 1.87. The molecule has 304 valence electrons. The number of esters is 2. The van der Waals surface area contributed by atoms with Gasteiger partial charge in [0.15, 0.2) is 0 Å². The van der Waals surface area contributed by atoms with Crippen molar-refractivity contribution in [3.63, 3.8) is 0 Å². The number of hydrogen-bond donors (Lipinski definition) is 2. The molecule has 6 rings (SSSR count). The van der Waals surface area contributed by atoms with Crippen LogP contribution >= 0.6 is 12.4 Å². The second kappa shape index (κ2) is 21.6. The van der Waals surface area contributed by atoms with Crippen LogP contribution in [0.3, 0.4) is 0 Å². The predicted molar refractivity (Wildman–Crippen MR) is 232 cm³/mol. The topological polar surface area (TPSA) is 99.5 Å². The fourth-order valence-corrected chi connectivity index (χ4v) is 8.39. The quantitative estimate of drug-likeness (QED) is 0.153. The van der Waals surface area contributed by atoms with Crippen molar-refractivity contribution in [3.8, 4) is 11.5 Å². The van der Waals surface area contributed by atoms with Gasteiger partial charge in [0.1, 0.15) is 11.5 Å². The van der Waals surface area contributed by atoms with Crippen LogP contribution in [0.5, 0.6) is 11.5 Å². The standard InChI is InChI=1S/2C24H29NO3.ClH/c2*1-25(2)16-21-11-10-18(14-23(21)19-7-5-9-22(26)15-19)12-17-6-4-8-20(13-17)24(27)28-3;/h2*4-9,12-13,15,21,23,26H,10-11,14,16H2,1-3H3;1H/b18-12+;18-12-;. The van der Waals surface area contributed by atoms with E-state index < -0.39 is 0 Å². The smallest absolute Gasteiger partial charge is 0.337 e. The van der Waals surface area contributed by atoms with E-state index >= 15 is 0 Å². The summed E-state index contributed by atoms with van der Waals surface area (Å²) in [4.78, 5) is 28.1. The molecule has 4 unspecified atom stereocenters. The second-order valence-electron chi connectivity index (χ2n) is 15.8. The van der Waals surface area contributed by atoms with Crippen molar-refractivity contribution in [1.82, 2.24) is 9.80 Å².